The van der Waals surface area contributed by atoms with Gasteiger partial charge in [0.1, 0.15) is 12.0 Å². The quantitative estimate of drug-likeness (QED) is 0.442. The van der Waals surface area contributed by atoms with Gasteiger partial charge in [0.25, 0.3) is 0 Å². The first-order valence-corrected chi connectivity index (χ1v) is 5.63. The Kier molecular flexibility index (Phi) is 4.42. The van der Waals surface area contributed by atoms with Gasteiger partial charge in [-0.15, -0.1) is 0 Å². The molecule has 18 heavy (non-hydrogen) atoms. The fraction of sp³-hybridized carbons (Fsp3) is 0.462. The number of ether oxygens (including phenoxy) is 1. The van der Waals surface area contributed by atoms with Crippen LogP contribution in [0.1, 0.15) is 25.3 Å². The standard InChI is InChI=1S/C13H17NO4/c1-13(2,9-15)12(8-14(16)17)10-5-4-6-11(7-10)18-3/h4-7,9,12H,8H2,1-3H3/t12-/m0/s1. The van der Waals surface area contributed by atoms with Gasteiger partial charge < -0.3 is 9.53 Å². The van der Waals surface area contributed by atoms with E-state index in [2.05, 4.69) is 0 Å². The molecule has 1 aromatic carbocycles. The van der Waals surface area contributed by atoms with Gasteiger partial charge in [0.05, 0.1) is 13.0 Å². The second kappa shape index (κ2) is 5.62. The molecule has 5 heteroatoms. The Morgan fingerprint density at radius 3 is 2.67 bits per heavy atom. The maximum absolute atomic E-state index is 11.1. The largest absolute Gasteiger partial charge is 0.497 e. The van der Waals surface area contributed by atoms with Crippen molar-refractivity contribution in [2.45, 2.75) is 19.8 Å². The summed E-state index contributed by atoms with van der Waals surface area (Å²) in [6, 6.07) is 7.05. The molecule has 1 rings (SSSR count). The van der Waals surface area contributed by atoms with E-state index in [9.17, 15) is 14.9 Å². The van der Waals surface area contributed by atoms with Gasteiger partial charge in [-0.1, -0.05) is 26.0 Å². The molecule has 0 N–H and O–H groups in total. The molecule has 0 saturated heterocycles. The zero-order chi connectivity index (χ0) is 13.8. The summed E-state index contributed by atoms with van der Waals surface area (Å²) >= 11 is 0. The number of nitro groups is 1. The smallest absolute Gasteiger partial charge is 0.211 e. The lowest BCUT2D eigenvalue weighted by Gasteiger charge is -2.26. The van der Waals surface area contributed by atoms with Gasteiger partial charge in [-0.05, 0) is 17.7 Å². The zero-order valence-electron chi connectivity index (χ0n) is 10.8. The van der Waals surface area contributed by atoms with E-state index >= 15 is 0 Å². The van der Waals surface area contributed by atoms with Crippen molar-refractivity contribution in [3.05, 3.63) is 39.9 Å². The summed E-state index contributed by atoms with van der Waals surface area (Å²) in [5.74, 6) is 0.155. The number of hydrogen-bond donors (Lipinski definition) is 0. The number of benzene rings is 1. The molecule has 0 aliphatic carbocycles. The summed E-state index contributed by atoms with van der Waals surface area (Å²) in [4.78, 5) is 21.5. The predicted octanol–water partition coefficient (Wildman–Crippen LogP) is 2.28. The lowest BCUT2D eigenvalue weighted by Crippen LogP contribution is -2.29. The first-order valence-electron chi connectivity index (χ1n) is 5.63. The molecule has 0 spiro atoms. The number of methoxy groups -OCH3 is 1. The van der Waals surface area contributed by atoms with Crippen LogP contribution in [0.25, 0.3) is 0 Å². The Hall–Kier alpha value is -1.91. The van der Waals surface area contributed by atoms with E-state index in [4.69, 9.17) is 4.74 Å². The highest BCUT2D eigenvalue weighted by atomic mass is 16.6. The minimum Gasteiger partial charge on any atom is -0.497 e. The number of rotatable bonds is 6. The van der Waals surface area contributed by atoms with Gasteiger partial charge in [-0.3, -0.25) is 10.1 Å². The normalized spacial score (nSPS) is 12.8. The summed E-state index contributed by atoms with van der Waals surface area (Å²) in [5, 5.41) is 10.8. The highest BCUT2D eigenvalue weighted by molar-refractivity contribution is 5.60. The first-order chi connectivity index (χ1) is 8.40. The highest BCUT2D eigenvalue weighted by Crippen LogP contribution is 2.35. The van der Waals surface area contributed by atoms with Crippen LogP contribution in [-0.4, -0.2) is 24.9 Å². The molecule has 98 valence electrons. The van der Waals surface area contributed by atoms with Crippen LogP contribution >= 0.6 is 0 Å². The number of carbonyl (C=O) groups is 1. The minimum atomic E-state index is -0.792. The van der Waals surface area contributed by atoms with Crippen molar-refractivity contribution in [1.29, 1.82) is 0 Å². The molecule has 0 amide bonds. The molecule has 1 atom stereocenters. The zero-order valence-corrected chi connectivity index (χ0v) is 10.8. The summed E-state index contributed by atoms with van der Waals surface area (Å²) in [5.41, 5.74) is -0.0532. The van der Waals surface area contributed by atoms with Gasteiger partial charge in [0, 0.05) is 10.3 Å². The Morgan fingerprint density at radius 1 is 1.50 bits per heavy atom. The van der Waals surface area contributed by atoms with E-state index in [1.807, 2.05) is 0 Å². The summed E-state index contributed by atoms with van der Waals surface area (Å²) in [7, 11) is 1.53. The molecule has 0 fully saturated rings. The number of nitrogens with zero attached hydrogens (tertiary/aromatic N) is 1. The predicted molar refractivity (Wildman–Crippen MR) is 67.4 cm³/mol. The van der Waals surface area contributed by atoms with E-state index in [1.54, 1.807) is 38.1 Å². The fourth-order valence-electron chi connectivity index (χ4n) is 1.86. The third-order valence-electron chi connectivity index (χ3n) is 3.03. The lowest BCUT2D eigenvalue weighted by molar-refractivity contribution is -0.485. The Labute approximate surface area is 106 Å². The van der Waals surface area contributed by atoms with Crippen molar-refractivity contribution in [3.8, 4) is 5.75 Å². The molecule has 0 radical (unpaired) electrons. The lowest BCUT2D eigenvalue weighted by atomic mass is 9.76. The van der Waals surface area contributed by atoms with Crippen molar-refractivity contribution in [2.24, 2.45) is 5.41 Å². The maximum Gasteiger partial charge on any atom is 0.211 e. The molecular weight excluding hydrogens is 234 g/mol. The Bertz CT molecular complexity index is 442. The van der Waals surface area contributed by atoms with E-state index in [1.165, 1.54) is 7.11 Å². The van der Waals surface area contributed by atoms with Crippen LogP contribution in [0.3, 0.4) is 0 Å². The average molecular weight is 251 g/mol. The van der Waals surface area contributed by atoms with E-state index in [0.717, 1.165) is 11.8 Å². The van der Waals surface area contributed by atoms with Crippen LogP contribution in [0.5, 0.6) is 5.75 Å². The fourth-order valence-corrected chi connectivity index (χ4v) is 1.86. The molecule has 0 saturated carbocycles. The van der Waals surface area contributed by atoms with Crippen LogP contribution in [0.2, 0.25) is 0 Å². The third kappa shape index (κ3) is 3.29. The molecule has 0 heterocycles. The number of aldehydes is 1. The van der Waals surface area contributed by atoms with Gasteiger partial charge in [0.2, 0.25) is 6.54 Å². The number of carbonyl (C=O) groups excluding carboxylic acids is 1. The third-order valence-corrected chi connectivity index (χ3v) is 3.03. The van der Waals surface area contributed by atoms with Crippen molar-refractivity contribution in [3.63, 3.8) is 0 Å². The van der Waals surface area contributed by atoms with E-state index in [-0.39, 0.29) is 6.54 Å². The monoisotopic (exact) mass is 251 g/mol. The van der Waals surface area contributed by atoms with Crippen LogP contribution in [0.4, 0.5) is 0 Å². The Balaban J connectivity index is 3.16. The average Bonchev–Trinajstić information content (AvgIpc) is 2.35. The van der Waals surface area contributed by atoms with E-state index in [0.29, 0.717) is 5.75 Å². The van der Waals surface area contributed by atoms with Crippen molar-refractivity contribution in [1.82, 2.24) is 0 Å². The SMILES string of the molecule is COc1cccc([C@H](C[N+](=O)[O-])C(C)(C)C=O)c1. The Morgan fingerprint density at radius 2 is 2.17 bits per heavy atom. The number of hydrogen-bond acceptors (Lipinski definition) is 4. The molecule has 5 nitrogen and oxygen atoms in total. The van der Waals surface area contributed by atoms with Crippen molar-refractivity contribution >= 4 is 6.29 Å². The molecule has 0 aliphatic rings. The van der Waals surface area contributed by atoms with Crippen molar-refractivity contribution in [2.75, 3.05) is 13.7 Å². The van der Waals surface area contributed by atoms with Crippen LogP contribution in [0, 0.1) is 15.5 Å². The maximum atomic E-state index is 11.1. The summed E-state index contributed by atoms with van der Waals surface area (Å²) in [6.45, 7) is 3.13. The highest BCUT2D eigenvalue weighted by Gasteiger charge is 2.34. The van der Waals surface area contributed by atoms with Gasteiger partial charge in [0.15, 0.2) is 0 Å². The molecule has 0 unspecified atom stereocenters. The second-order valence-corrected chi connectivity index (χ2v) is 4.78. The van der Waals surface area contributed by atoms with Crippen LogP contribution < -0.4 is 4.74 Å². The minimum absolute atomic E-state index is 0.279. The second-order valence-electron chi connectivity index (χ2n) is 4.78. The van der Waals surface area contributed by atoms with E-state index < -0.39 is 16.3 Å². The molecular formula is C13H17NO4. The summed E-state index contributed by atoms with van der Waals surface area (Å²) < 4.78 is 5.10. The van der Waals surface area contributed by atoms with Crippen LogP contribution in [0.15, 0.2) is 24.3 Å². The molecule has 0 bridgehead atoms. The van der Waals surface area contributed by atoms with Crippen molar-refractivity contribution < 1.29 is 14.5 Å². The molecule has 0 aromatic heterocycles. The van der Waals surface area contributed by atoms with Crippen LogP contribution in [-0.2, 0) is 4.79 Å². The molecule has 0 aliphatic heterocycles. The van der Waals surface area contributed by atoms with Gasteiger partial charge >= 0.3 is 0 Å². The van der Waals surface area contributed by atoms with Gasteiger partial charge in [-0.25, -0.2) is 0 Å². The first kappa shape index (κ1) is 14.2. The van der Waals surface area contributed by atoms with Gasteiger partial charge in [-0.2, -0.15) is 0 Å². The topological polar surface area (TPSA) is 69.4 Å². The summed E-state index contributed by atoms with van der Waals surface area (Å²) in [6.07, 6.45) is 0.765. The molecule has 1 aromatic rings.